The molecule has 26 heavy (non-hydrogen) atoms. The third-order valence-corrected chi connectivity index (χ3v) is 4.24. The van der Waals surface area contributed by atoms with E-state index >= 15 is 0 Å². The fourth-order valence-electron chi connectivity index (χ4n) is 2.79. The number of nitrogens with zero attached hydrogens (tertiary/aromatic N) is 4. The topological polar surface area (TPSA) is 69.9 Å². The van der Waals surface area contributed by atoms with Gasteiger partial charge in [-0.2, -0.15) is 0 Å². The Morgan fingerprint density at radius 1 is 1.00 bits per heavy atom. The number of rotatable bonds is 4. The van der Waals surface area contributed by atoms with E-state index in [1.165, 1.54) is 11.0 Å². The Hall–Kier alpha value is -3.54. The Morgan fingerprint density at radius 3 is 2.50 bits per heavy atom. The van der Waals surface area contributed by atoms with Crippen LogP contribution in [0, 0.1) is 0 Å². The molecule has 0 amide bonds. The number of carbonyl (C=O) groups excluding carboxylic acids is 1. The number of tetrazole rings is 1. The first-order chi connectivity index (χ1) is 12.7. The van der Waals surface area contributed by atoms with Gasteiger partial charge in [0.25, 0.3) is 0 Å². The smallest absolute Gasteiger partial charge is 0.338 e. The Labute approximate surface area is 150 Å². The number of hydrogen-bond acceptors (Lipinski definition) is 5. The molecule has 0 fully saturated rings. The van der Waals surface area contributed by atoms with E-state index in [0.29, 0.717) is 5.56 Å². The molecule has 4 rings (SSSR count). The van der Waals surface area contributed by atoms with Crippen molar-refractivity contribution in [2.75, 3.05) is 0 Å². The first kappa shape index (κ1) is 16.0. The number of benzene rings is 3. The lowest BCUT2D eigenvalue weighted by molar-refractivity contribution is 0.0338. The molecule has 4 aromatic rings. The minimum absolute atomic E-state index is 0.341. The van der Waals surface area contributed by atoms with Crippen molar-refractivity contribution in [1.82, 2.24) is 20.2 Å². The van der Waals surface area contributed by atoms with Gasteiger partial charge in [0.1, 0.15) is 12.4 Å². The Balaban J connectivity index is 1.49. The largest absolute Gasteiger partial charge is 0.454 e. The highest BCUT2D eigenvalue weighted by Crippen LogP contribution is 2.23. The molecule has 6 heteroatoms. The van der Waals surface area contributed by atoms with Crippen LogP contribution >= 0.6 is 0 Å². The van der Waals surface area contributed by atoms with Crippen molar-refractivity contribution in [3.63, 3.8) is 0 Å². The van der Waals surface area contributed by atoms with E-state index in [1.807, 2.05) is 43.3 Å². The molecule has 0 saturated carbocycles. The minimum Gasteiger partial charge on any atom is -0.454 e. The fraction of sp³-hybridized carbons (Fsp3) is 0.100. The molecular formula is C20H16N4O2. The second-order valence-corrected chi connectivity index (χ2v) is 5.96. The number of aromatic nitrogens is 4. The number of esters is 1. The van der Waals surface area contributed by atoms with E-state index in [4.69, 9.17) is 4.74 Å². The molecule has 0 radical (unpaired) electrons. The summed E-state index contributed by atoms with van der Waals surface area (Å²) in [5.41, 5.74) is 2.21. The third kappa shape index (κ3) is 3.17. The second-order valence-electron chi connectivity index (χ2n) is 5.96. The van der Waals surface area contributed by atoms with Gasteiger partial charge in [-0.05, 0) is 64.0 Å². The van der Waals surface area contributed by atoms with E-state index in [0.717, 1.165) is 22.0 Å². The van der Waals surface area contributed by atoms with Gasteiger partial charge in [-0.15, -0.1) is 5.10 Å². The lowest BCUT2D eigenvalue weighted by Gasteiger charge is -2.14. The Bertz CT molecular complexity index is 1040. The molecule has 0 saturated heterocycles. The summed E-state index contributed by atoms with van der Waals surface area (Å²) in [6.45, 7) is 1.87. The highest BCUT2D eigenvalue weighted by Gasteiger charge is 2.14. The van der Waals surface area contributed by atoms with Gasteiger partial charge in [-0.1, -0.05) is 36.4 Å². The van der Waals surface area contributed by atoms with Gasteiger partial charge in [0.15, 0.2) is 0 Å². The monoisotopic (exact) mass is 344 g/mol. The van der Waals surface area contributed by atoms with E-state index in [2.05, 4.69) is 21.6 Å². The minimum atomic E-state index is -0.367. The summed E-state index contributed by atoms with van der Waals surface area (Å²) in [6.07, 6.45) is 1.15. The van der Waals surface area contributed by atoms with E-state index in [9.17, 15) is 4.79 Å². The van der Waals surface area contributed by atoms with E-state index in [-0.39, 0.29) is 12.1 Å². The molecule has 0 aliphatic carbocycles. The van der Waals surface area contributed by atoms with Crippen LogP contribution in [0.5, 0.6) is 0 Å². The molecule has 128 valence electrons. The Kier molecular flexibility index (Phi) is 4.15. The van der Waals surface area contributed by atoms with Crippen molar-refractivity contribution in [3.05, 3.63) is 84.2 Å². The van der Waals surface area contributed by atoms with Gasteiger partial charge >= 0.3 is 5.97 Å². The van der Waals surface area contributed by atoms with Crippen molar-refractivity contribution >= 4 is 16.7 Å². The lowest BCUT2D eigenvalue weighted by Crippen LogP contribution is -2.09. The molecule has 0 bridgehead atoms. The fourth-order valence-corrected chi connectivity index (χ4v) is 2.79. The summed E-state index contributed by atoms with van der Waals surface area (Å²) < 4.78 is 7.14. The SMILES string of the molecule is C[C@H](OC(=O)c1ccc(-n2cnnn2)cc1)c1ccc2ccccc2c1. The first-order valence-corrected chi connectivity index (χ1v) is 8.24. The van der Waals surface area contributed by atoms with Crippen molar-refractivity contribution in [1.29, 1.82) is 0 Å². The average molecular weight is 344 g/mol. The lowest BCUT2D eigenvalue weighted by atomic mass is 10.0. The summed E-state index contributed by atoms with van der Waals surface area (Å²) in [5.74, 6) is -0.367. The van der Waals surface area contributed by atoms with E-state index < -0.39 is 0 Å². The molecule has 6 nitrogen and oxygen atoms in total. The quantitative estimate of drug-likeness (QED) is 0.528. The third-order valence-electron chi connectivity index (χ3n) is 4.24. The number of carbonyl (C=O) groups is 1. The first-order valence-electron chi connectivity index (χ1n) is 8.24. The molecule has 0 N–H and O–H groups in total. The predicted molar refractivity (Wildman–Crippen MR) is 96.9 cm³/mol. The van der Waals surface area contributed by atoms with Crippen molar-refractivity contribution in [3.8, 4) is 5.69 Å². The number of fused-ring (bicyclic) bond motifs is 1. The molecule has 0 aliphatic heterocycles. The molecule has 1 heterocycles. The van der Waals surface area contributed by atoms with Crippen LogP contribution in [0.1, 0.15) is 28.9 Å². The summed E-state index contributed by atoms with van der Waals surface area (Å²) in [5, 5.41) is 13.3. The maximum Gasteiger partial charge on any atom is 0.338 e. The summed E-state index contributed by atoms with van der Waals surface area (Å²) >= 11 is 0. The maximum absolute atomic E-state index is 12.4. The van der Waals surface area contributed by atoms with Gasteiger partial charge in [-0.25, -0.2) is 9.48 Å². The van der Waals surface area contributed by atoms with Crippen molar-refractivity contribution < 1.29 is 9.53 Å². The number of ether oxygens (including phenoxy) is 1. The summed E-state index contributed by atoms with van der Waals surface area (Å²) in [4.78, 5) is 12.4. The van der Waals surface area contributed by atoms with Crippen LogP contribution in [0.3, 0.4) is 0 Å². The molecular weight excluding hydrogens is 328 g/mol. The maximum atomic E-state index is 12.4. The van der Waals surface area contributed by atoms with E-state index in [1.54, 1.807) is 24.3 Å². The highest BCUT2D eigenvalue weighted by atomic mass is 16.5. The van der Waals surface area contributed by atoms with Crippen LogP contribution in [0.2, 0.25) is 0 Å². The zero-order chi connectivity index (χ0) is 17.9. The zero-order valence-electron chi connectivity index (χ0n) is 14.1. The Morgan fingerprint density at radius 2 is 1.77 bits per heavy atom. The molecule has 3 aromatic carbocycles. The van der Waals surface area contributed by atoms with Crippen LogP contribution in [-0.4, -0.2) is 26.2 Å². The van der Waals surface area contributed by atoms with Gasteiger partial charge in [-0.3, -0.25) is 0 Å². The van der Waals surface area contributed by atoms with Crippen LogP contribution in [0.25, 0.3) is 16.5 Å². The second kappa shape index (κ2) is 6.76. The molecule has 1 aromatic heterocycles. The zero-order valence-corrected chi connectivity index (χ0v) is 14.1. The van der Waals surface area contributed by atoms with Crippen molar-refractivity contribution in [2.24, 2.45) is 0 Å². The number of hydrogen-bond donors (Lipinski definition) is 0. The average Bonchev–Trinajstić information content (AvgIpc) is 3.22. The van der Waals surface area contributed by atoms with Crippen LogP contribution in [0.4, 0.5) is 0 Å². The van der Waals surface area contributed by atoms with Crippen molar-refractivity contribution in [2.45, 2.75) is 13.0 Å². The standard InChI is InChI=1S/C20H16N4O2/c1-14(17-7-6-15-4-2-3-5-18(15)12-17)26-20(25)16-8-10-19(11-9-16)24-13-21-22-23-24/h2-14H,1H3/t14-/m0/s1. The molecule has 0 unspecified atom stereocenters. The van der Waals surface area contributed by atoms with Crippen LogP contribution < -0.4 is 0 Å². The normalized spacial score (nSPS) is 12.0. The summed E-state index contributed by atoms with van der Waals surface area (Å²) in [6, 6.07) is 21.1. The molecule has 0 aliphatic rings. The van der Waals surface area contributed by atoms with Gasteiger partial charge in [0, 0.05) is 0 Å². The summed E-state index contributed by atoms with van der Waals surface area (Å²) in [7, 11) is 0. The van der Waals surface area contributed by atoms with Gasteiger partial charge < -0.3 is 4.74 Å². The van der Waals surface area contributed by atoms with Gasteiger partial charge in [0.05, 0.1) is 11.3 Å². The van der Waals surface area contributed by atoms with Gasteiger partial charge in [0.2, 0.25) is 0 Å². The highest BCUT2D eigenvalue weighted by molar-refractivity contribution is 5.90. The molecule has 0 spiro atoms. The predicted octanol–water partition coefficient (Wildman–Crippen LogP) is 3.73. The van der Waals surface area contributed by atoms with Crippen LogP contribution in [0.15, 0.2) is 73.1 Å². The van der Waals surface area contributed by atoms with Crippen LogP contribution in [-0.2, 0) is 4.74 Å². The molecule has 1 atom stereocenters.